The first-order chi connectivity index (χ1) is 25.8. The van der Waals surface area contributed by atoms with Gasteiger partial charge in [0.25, 0.3) is 0 Å². The molecule has 2 unspecified atom stereocenters. The molecule has 272 valence electrons. The summed E-state index contributed by atoms with van der Waals surface area (Å²) < 4.78 is 25.7. The van der Waals surface area contributed by atoms with Crippen LogP contribution >= 0.6 is 17.9 Å². The molecule has 0 saturated carbocycles. The number of hydrogen-bond donors (Lipinski definition) is 0. The highest BCUT2D eigenvalue weighted by Crippen LogP contribution is 2.57. The summed E-state index contributed by atoms with van der Waals surface area (Å²) in [6.07, 6.45) is 0. The van der Waals surface area contributed by atoms with Gasteiger partial charge in [-0.1, -0.05) is 140 Å². The predicted octanol–water partition coefficient (Wildman–Crippen LogP) is 13.8. The fourth-order valence-electron chi connectivity index (χ4n) is 7.84. The molecule has 5 nitrogen and oxygen atoms in total. The fraction of sp³-hybridized carbons (Fsp3) is 0.234. The van der Waals surface area contributed by atoms with Gasteiger partial charge in [-0.2, -0.15) is 0 Å². The third-order valence-electron chi connectivity index (χ3n) is 11.0. The van der Waals surface area contributed by atoms with Crippen LogP contribution in [0.2, 0.25) is 0 Å². The minimum atomic E-state index is -0.409. The molecule has 2 atom stereocenters. The number of fused-ring (bicyclic) bond motifs is 8. The predicted molar refractivity (Wildman–Crippen MR) is 230 cm³/mol. The Bertz CT molecular complexity index is 2470. The maximum absolute atomic E-state index is 7.14. The van der Waals surface area contributed by atoms with Crippen LogP contribution in [0.25, 0.3) is 43.6 Å². The molecule has 0 bridgehead atoms. The van der Waals surface area contributed by atoms with E-state index in [0.717, 1.165) is 56.2 Å². The van der Waals surface area contributed by atoms with Crippen LogP contribution in [0.5, 0.6) is 23.0 Å². The summed E-state index contributed by atoms with van der Waals surface area (Å²) in [7, 11) is 0.0140. The van der Waals surface area contributed by atoms with Crippen LogP contribution < -0.4 is 13.8 Å². The molecular weight excluding hydrogens is 702 g/mol. The fourth-order valence-corrected chi connectivity index (χ4v) is 9.70. The van der Waals surface area contributed by atoms with E-state index in [2.05, 4.69) is 185 Å². The largest absolute Gasteiger partial charge is 0.451 e. The zero-order chi connectivity index (χ0) is 37.6. The van der Waals surface area contributed by atoms with Crippen LogP contribution in [0.3, 0.4) is 0 Å². The van der Waals surface area contributed by atoms with Gasteiger partial charge in [-0.25, -0.2) is 0 Å². The van der Waals surface area contributed by atoms with Gasteiger partial charge in [-0.3, -0.25) is 8.68 Å². The highest BCUT2D eigenvalue weighted by atomic mass is 31.1. The van der Waals surface area contributed by atoms with Gasteiger partial charge < -0.3 is 13.8 Å². The molecule has 0 spiro atoms. The Balaban J connectivity index is 1.17. The van der Waals surface area contributed by atoms with E-state index >= 15 is 0 Å². The van der Waals surface area contributed by atoms with Crippen molar-refractivity contribution < 1.29 is 13.8 Å². The summed E-state index contributed by atoms with van der Waals surface area (Å²) >= 11 is 0. The first-order valence-electron chi connectivity index (χ1n) is 18.7. The topological polar surface area (TPSA) is 37.5 Å². The van der Waals surface area contributed by atoms with Crippen molar-refractivity contribution in [1.82, 2.24) is 8.68 Å². The Morgan fingerprint density at radius 2 is 0.796 bits per heavy atom. The Morgan fingerprint density at radius 1 is 0.481 bits per heavy atom. The third-order valence-corrected chi connectivity index (χ3v) is 13.0. The second kappa shape index (κ2) is 12.6. The second-order valence-corrected chi connectivity index (χ2v) is 18.7. The van der Waals surface area contributed by atoms with Crippen LogP contribution in [0.1, 0.15) is 77.6 Å². The smallest absolute Gasteiger partial charge is 0.182 e. The molecule has 0 amide bonds. The molecule has 0 N–H and O–H groups in total. The van der Waals surface area contributed by atoms with Crippen LogP contribution in [-0.2, 0) is 16.2 Å². The van der Waals surface area contributed by atoms with Crippen molar-refractivity contribution in [2.75, 3.05) is 0 Å². The Morgan fingerprint density at radius 3 is 1.11 bits per heavy atom. The maximum Gasteiger partial charge on any atom is 0.182 e. The zero-order valence-corrected chi connectivity index (χ0v) is 34.2. The molecule has 1 aliphatic rings. The van der Waals surface area contributed by atoms with E-state index in [1.807, 2.05) is 0 Å². The van der Waals surface area contributed by atoms with Crippen LogP contribution in [0.15, 0.2) is 121 Å². The average Bonchev–Trinajstić information content (AvgIpc) is 3.64. The first kappa shape index (κ1) is 34.9. The van der Waals surface area contributed by atoms with Gasteiger partial charge in [0.1, 0.15) is 0 Å². The summed E-state index contributed by atoms with van der Waals surface area (Å²) in [5, 5.41) is 4.89. The Kier molecular flexibility index (Phi) is 8.16. The lowest BCUT2D eigenvalue weighted by Crippen LogP contribution is -2.27. The van der Waals surface area contributed by atoms with E-state index in [9.17, 15) is 0 Å². The first-order valence-corrected chi connectivity index (χ1v) is 20.4. The zero-order valence-electron chi connectivity index (χ0n) is 32.2. The minimum Gasteiger partial charge on any atom is -0.451 e. The van der Waals surface area contributed by atoms with E-state index in [1.165, 1.54) is 32.7 Å². The van der Waals surface area contributed by atoms with Gasteiger partial charge in [-0.15, -0.1) is 0 Å². The molecule has 2 aromatic heterocycles. The molecule has 0 radical (unpaired) electrons. The van der Waals surface area contributed by atoms with E-state index in [-0.39, 0.29) is 28.7 Å². The number of ether oxygens (including phenoxy) is 1. The van der Waals surface area contributed by atoms with E-state index in [0.29, 0.717) is 0 Å². The van der Waals surface area contributed by atoms with Gasteiger partial charge in [-0.05, 0) is 58.4 Å². The summed E-state index contributed by atoms with van der Waals surface area (Å²) in [6.45, 7) is 18.2. The number of hydrogen-bond acceptors (Lipinski definition) is 3. The number of rotatable bonds is 6. The molecule has 0 aliphatic carbocycles. The molecule has 7 heteroatoms. The van der Waals surface area contributed by atoms with Crippen molar-refractivity contribution in [3.8, 4) is 23.0 Å². The van der Waals surface area contributed by atoms with Crippen molar-refractivity contribution >= 4 is 61.5 Å². The monoisotopic (exact) mass is 748 g/mol. The highest BCUT2D eigenvalue weighted by Gasteiger charge is 2.40. The molecule has 8 aromatic rings. The standard InChI is InChI=1S/C47H46N2O3P2/c1-45(2,3)29-25-35-43(41(27-29)51-53-48-37-21-13-9-17-31(37)32-18-10-14-22-38(32)48)50-44-36(47(35,7)8)26-30(46(4,5)6)28-42(44)52-54-49-39-23-15-11-19-33(39)34-20-12-16-24-40(34)49/h9-28,53-54H,1-8H3. The quantitative estimate of drug-likeness (QED) is 0.159. The van der Waals surface area contributed by atoms with Gasteiger partial charge in [0.2, 0.25) is 0 Å². The van der Waals surface area contributed by atoms with E-state index in [4.69, 9.17) is 13.8 Å². The van der Waals surface area contributed by atoms with Crippen molar-refractivity contribution in [1.29, 1.82) is 0 Å². The molecule has 6 aromatic carbocycles. The average molecular weight is 749 g/mol. The van der Waals surface area contributed by atoms with E-state index in [1.54, 1.807) is 0 Å². The number of benzene rings is 6. The van der Waals surface area contributed by atoms with Crippen molar-refractivity contribution in [2.45, 2.75) is 71.6 Å². The van der Waals surface area contributed by atoms with Crippen molar-refractivity contribution in [2.24, 2.45) is 0 Å². The van der Waals surface area contributed by atoms with Gasteiger partial charge in [0, 0.05) is 38.1 Å². The van der Waals surface area contributed by atoms with Crippen LogP contribution in [-0.4, -0.2) is 8.68 Å². The molecular formula is C47H46N2O3P2. The lowest BCUT2D eigenvalue weighted by molar-refractivity contribution is 0.384. The molecule has 54 heavy (non-hydrogen) atoms. The molecule has 0 saturated heterocycles. The van der Waals surface area contributed by atoms with E-state index < -0.39 is 5.41 Å². The molecule has 9 rings (SSSR count). The normalized spacial score (nSPS) is 14.4. The summed E-state index contributed by atoms with van der Waals surface area (Å²) in [6, 6.07) is 43.3. The van der Waals surface area contributed by atoms with Crippen molar-refractivity contribution in [3.05, 3.63) is 144 Å². The lowest BCUT2D eigenvalue weighted by atomic mass is 9.72. The molecule has 0 fully saturated rings. The summed E-state index contributed by atoms with van der Waals surface area (Å²) in [5.74, 6) is 2.99. The second-order valence-electron chi connectivity index (χ2n) is 17.1. The van der Waals surface area contributed by atoms with Gasteiger partial charge in [0.15, 0.2) is 40.9 Å². The molecule has 3 heterocycles. The number of aromatic nitrogens is 2. The summed E-state index contributed by atoms with van der Waals surface area (Å²) in [5.41, 5.74) is 8.64. The maximum atomic E-state index is 7.14. The SMILES string of the molecule is CC(C)(C)c1cc(OPn2c3ccccc3c3ccccc32)c2c(c1)C(C)(C)c1cc(C(C)(C)C)cc(OPn3c4ccccc4c4ccccc43)c1O2. The Hall–Kier alpha value is -4.82. The van der Waals surface area contributed by atoms with Crippen LogP contribution in [0, 0.1) is 0 Å². The Labute approximate surface area is 321 Å². The van der Waals surface area contributed by atoms with Gasteiger partial charge >= 0.3 is 0 Å². The highest BCUT2D eigenvalue weighted by molar-refractivity contribution is 7.32. The van der Waals surface area contributed by atoms with Crippen LogP contribution in [0.4, 0.5) is 0 Å². The third kappa shape index (κ3) is 5.67. The number of nitrogens with zero attached hydrogens (tertiary/aromatic N) is 2. The molecule has 1 aliphatic heterocycles. The van der Waals surface area contributed by atoms with Crippen molar-refractivity contribution in [3.63, 3.8) is 0 Å². The summed E-state index contributed by atoms with van der Waals surface area (Å²) in [4.78, 5) is 0. The number of para-hydroxylation sites is 4. The van der Waals surface area contributed by atoms with Gasteiger partial charge in [0.05, 0.1) is 22.1 Å². The minimum absolute atomic E-state index is 0.00698. The lowest BCUT2D eigenvalue weighted by Gasteiger charge is -2.38.